The molecule has 0 aliphatic heterocycles. The lowest BCUT2D eigenvalue weighted by atomic mass is 10.1. The second-order valence-electron chi connectivity index (χ2n) is 5.38. The van der Waals surface area contributed by atoms with Gasteiger partial charge in [0.2, 0.25) is 0 Å². The molecule has 0 saturated heterocycles. The van der Waals surface area contributed by atoms with Crippen LogP contribution in [0.15, 0.2) is 81.7 Å². The van der Waals surface area contributed by atoms with E-state index in [2.05, 4.69) is 105 Å². The SMILES string of the molecule is Brc1ccccc1/C=C/c1ccc(/C=C/c2ccccc2Br)cc1. The zero-order valence-corrected chi connectivity index (χ0v) is 16.2. The average molecular weight is 440 g/mol. The van der Waals surface area contributed by atoms with Crippen LogP contribution in [0.25, 0.3) is 24.3 Å². The van der Waals surface area contributed by atoms with Crippen molar-refractivity contribution in [1.82, 2.24) is 0 Å². The minimum atomic E-state index is 1.11. The van der Waals surface area contributed by atoms with Crippen LogP contribution >= 0.6 is 31.9 Å². The van der Waals surface area contributed by atoms with Crippen LogP contribution in [0.1, 0.15) is 22.3 Å². The number of halogens is 2. The van der Waals surface area contributed by atoms with Crippen molar-refractivity contribution < 1.29 is 0 Å². The summed E-state index contributed by atoms with van der Waals surface area (Å²) < 4.78 is 2.21. The highest BCUT2D eigenvalue weighted by atomic mass is 79.9. The number of rotatable bonds is 4. The third-order valence-corrected chi connectivity index (χ3v) is 5.10. The molecular weight excluding hydrogens is 424 g/mol. The molecule has 0 nitrogen and oxygen atoms in total. The summed E-state index contributed by atoms with van der Waals surface area (Å²) in [5.41, 5.74) is 4.72. The first kappa shape index (κ1) is 16.9. The van der Waals surface area contributed by atoms with Gasteiger partial charge in [-0.25, -0.2) is 0 Å². The number of hydrogen-bond donors (Lipinski definition) is 0. The monoisotopic (exact) mass is 438 g/mol. The van der Waals surface area contributed by atoms with Crippen LogP contribution in [0.2, 0.25) is 0 Å². The number of hydrogen-bond acceptors (Lipinski definition) is 0. The van der Waals surface area contributed by atoms with E-state index in [4.69, 9.17) is 0 Å². The molecule has 0 aromatic heterocycles. The topological polar surface area (TPSA) is 0 Å². The van der Waals surface area contributed by atoms with Gasteiger partial charge in [-0.05, 0) is 34.4 Å². The molecule has 0 aliphatic rings. The summed E-state index contributed by atoms with van der Waals surface area (Å²) in [5.74, 6) is 0. The largest absolute Gasteiger partial charge is 0.0616 e. The Morgan fingerprint density at radius 1 is 0.458 bits per heavy atom. The van der Waals surface area contributed by atoms with E-state index in [0.29, 0.717) is 0 Å². The molecular formula is C22H16Br2. The van der Waals surface area contributed by atoms with E-state index in [1.165, 1.54) is 22.3 Å². The molecule has 0 heterocycles. The first-order valence-corrected chi connectivity index (χ1v) is 9.26. The van der Waals surface area contributed by atoms with E-state index < -0.39 is 0 Å². The summed E-state index contributed by atoms with van der Waals surface area (Å²) in [4.78, 5) is 0. The summed E-state index contributed by atoms with van der Waals surface area (Å²) in [6, 6.07) is 24.9. The Kier molecular flexibility index (Phi) is 5.84. The lowest BCUT2D eigenvalue weighted by Crippen LogP contribution is -1.77. The van der Waals surface area contributed by atoms with Crippen molar-refractivity contribution in [1.29, 1.82) is 0 Å². The summed E-state index contributed by atoms with van der Waals surface area (Å²) in [6.45, 7) is 0. The third-order valence-electron chi connectivity index (χ3n) is 3.66. The lowest BCUT2D eigenvalue weighted by Gasteiger charge is -2.00. The van der Waals surface area contributed by atoms with Gasteiger partial charge < -0.3 is 0 Å². The Morgan fingerprint density at radius 2 is 0.833 bits per heavy atom. The highest BCUT2D eigenvalue weighted by Gasteiger charge is 1.95. The highest BCUT2D eigenvalue weighted by molar-refractivity contribution is 9.10. The van der Waals surface area contributed by atoms with Crippen LogP contribution in [0.3, 0.4) is 0 Å². The number of benzene rings is 3. The minimum Gasteiger partial charge on any atom is -0.0616 e. The van der Waals surface area contributed by atoms with Crippen LogP contribution in [0, 0.1) is 0 Å². The molecule has 0 bridgehead atoms. The Labute approximate surface area is 159 Å². The van der Waals surface area contributed by atoms with Gasteiger partial charge in [-0.3, -0.25) is 0 Å². The first-order valence-electron chi connectivity index (χ1n) is 7.68. The Bertz CT molecular complexity index is 800. The van der Waals surface area contributed by atoms with Crippen LogP contribution in [0.5, 0.6) is 0 Å². The molecule has 24 heavy (non-hydrogen) atoms. The van der Waals surface area contributed by atoms with Gasteiger partial charge >= 0.3 is 0 Å². The molecule has 0 radical (unpaired) electrons. The lowest BCUT2D eigenvalue weighted by molar-refractivity contribution is 1.59. The summed E-state index contributed by atoms with van der Waals surface area (Å²) in [6.07, 6.45) is 8.49. The average Bonchev–Trinajstić information content (AvgIpc) is 2.61. The van der Waals surface area contributed by atoms with Gasteiger partial charge in [0.1, 0.15) is 0 Å². The highest BCUT2D eigenvalue weighted by Crippen LogP contribution is 2.20. The zero-order valence-electron chi connectivity index (χ0n) is 13.0. The van der Waals surface area contributed by atoms with Crippen molar-refractivity contribution >= 4 is 56.2 Å². The molecule has 0 unspecified atom stereocenters. The molecule has 0 spiro atoms. The third kappa shape index (κ3) is 4.56. The molecule has 0 fully saturated rings. The van der Waals surface area contributed by atoms with Crippen molar-refractivity contribution in [2.45, 2.75) is 0 Å². The standard InChI is InChI=1S/C22H16Br2/c23-21-7-3-1-5-19(21)15-13-17-9-11-18(12-10-17)14-16-20-6-2-4-8-22(20)24/h1-16H/b15-13+,16-14+. The van der Waals surface area contributed by atoms with Gasteiger partial charge in [0.15, 0.2) is 0 Å². The molecule has 0 saturated carbocycles. The summed E-state index contributed by atoms with van der Waals surface area (Å²) >= 11 is 7.13. The van der Waals surface area contributed by atoms with E-state index in [1.807, 2.05) is 24.3 Å². The predicted molar refractivity (Wildman–Crippen MR) is 113 cm³/mol. The maximum absolute atomic E-state index is 3.57. The van der Waals surface area contributed by atoms with Crippen molar-refractivity contribution in [2.24, 2.45) is 0 Å². The molecule has 2 heteroatoms. The van der Waals surface area contributed by atoms with E-state index in [0.717, 1.165) is 8.95 Å². The van der Waals surface area contributed by atoms with Crippen molar-refractivity contribution in [3.05, 3.63) is 104 Å². The molecule has 0 N–H and O–H groups in total. The minimum absolute atomic E-state index is 1.11. The maximum Gasteiger partial charge on any atom is 0.0247 e. The molecule has 3 aromatic carbocycles. The van der Waals surface area contributed by atoms with E-state index in [9.17, 15) is 0 Å². The van der Waals surface area contributed by atoms with Crippen molar-refractivity contribution in [3.8, 4) is 0 Å². The Balaban J connectivity index is 1.72. The summed E-state index contributed by atoms with van der Waals surface area (Å²) in [7, 11) is 0. The van der Waals surface area contributed by atoms with Gasteiger partial charge in [-0.1, -0.05) is 117 Å². The van der Waals surface area contributed by atoms with E-state index in [1.54, 1.807) is 0 Å². The fraction of sp³-hybridized carbons (Fsp3) is 0. The fourth-order valence-corrected chi connectivity index (χ4v) is 3.14. The van der Waals surface area contributed by atoms with Crippen LogP contribution < -0.4 is 0 Å². The van der Waals surface area contributed by atoms with Crippen LogP contribution in [-0.2, 0) is 0 Å². The van der Waals surface area contributed by atoms with Crippen molar-refractivity contribution in [2.75, 3.05) is 0 Å². The molecule has 0 amide bonds. The second kappa shape index (κ2) is 8.27. The Morgan fingerprint density at radius 3 is 1.21 bits per heavy atom. The molecule has 118 valence electrons. The normalized spacial score (nSPS) is 11.4. The van der Waals surface area contributed by atoms with Gasteiger partial charge in [0.25, 0.3) is 0 Å². The molecule has 0 aliphatic carbocycles. The molecule has 3 rings (SSSR count). The van der Waals surface area contributed by atoms with E-state index >= 15 is 0 Å². The van der Waals surface area contributed by atoms with Crippen LogP contribution in [0.4, 0.5) is 0 Å². The quantitative estimate of drug-likeness (QED) is 0.368. The smallest absolute Gasteiger partial charge is 0.0247 e. The molecule has 3 aromatic rings. The fourth-order valence-electron chi connectivity index (χ4n) is 2.31. The van der Waals surface area contributed by atoms with Crippen LogP contribution in [-0.4, -0.2) is 0 Å². The first-order chi connectivity index (χ1) is 11.7. The Hall–Kier alpha value is -1.90. The van der Waals surface area contributed by atoms with E-state index in [-0.39, 0.29) is 0 Å². The molecule has 0 atom stereocenters. The van der Waals surface area contributed by atoms with Gasteiger partial charge in [0, 0.05) is 8.95 Å². The van der Waals surface area contributed by atoms with Gasteiger partial charge in [-0.15, -0.1) is 0 Å². The van der Waals surface area contributed by atoms with Gasteiger partial charge in [-0.2, -0.15) is 0 Å². The maximum atomic E-state index is 3.57. The predicted octanol–water partition coefficient (Wildman–Crippen LogP) is 7.55. The van der Waals surface area contributed by atoms with Gasteiger partial charge in [0.05, 0.1) is 0 Å². The zero-order chi connectivity index (χ0) is 16.8. The van der Waals surface area contributed by atoms with Crippen molar-refractivity contribution in [3.63, 3.8) is 0 Å². The summed E-state index contributed by atoms with van der Waals surface area (Å²) in [5, 5.41) is 0. The second-order valence-corrected chi connectivity index (χ2v) is 7.09.